The van der Waals surface area contributed by atoms with Crippen LogP contribution in [0.15, 0.2) is 0 Å². The molecule has 0 aromatic rings. The number of hydrogen-bond donors (Lipinski definition) is 0. The van der Waals surface area contributed by atoms with Crippen molar-refractivity contribution in [3.8, 4) is 0 Å². The Hall–Kier alpha value is 1.01. The summed E-state index contributed by atoms with van der Waals surface area (Å²) in [5, 5.41) is 0. The smallest absolute Gasteiger partial charge is 0.813 e. The third-order valence-electron chi connectivity index (χ3n) is 0. The van der Waals surface area contributed by atoms with E-state index in [4.69, 9.17) is 28.7 Å². The molecule has 0 radical (unpaired) electrons. The van der Waals surface area contributed by atoms with E-state index >= 15 is 0 Å². The van der Waals surface area contributed by atoms with Crippen LogP contribution in [0.5, 0.6) is 0 Å². The van der Waals surface area contributed by atoms with E-state index in [1.807, 2.05) is 0 Å². The van der Waals surface area contributed by atoms with Crippen LogP contribution >= 0.6 is 16.5 Å². The zero-order chi connectivity index (χ0) is 7.15. The fourth-order valence-corrected chi connectivity index (χ4v) is 0. The van der Waals surface area contributed by atoms with Crippen molar-refractivity contribution in [2.24, 2.45) is 0 Å². The maximum atomic E-state index is 8.52. The average Bonchev–Trinajstić information content (AvgIpc) is 1.25. The molecule has 0 bridgehead atoms. The van der Waals surface area contributed by atoms with Crippen molar-refractivity contribution >= 4 is 16.5 Å². The zero-order valence-electron chi connectivity index (χ0n) is 3.95. The van der Waals surface area contributed by atoms with E-state index in [2.05, 4.69) is 0 Å². The quantitative estimate of drug-likeness (QED) is 0.296. The monoisotopic (exact) mass is 208 g/mol. The van der Waals surface area contributed by atoms with Crippen LogP contribution in [0.4, 0.5) is 0 Å². The molecule has 52 valence electrons. The van der Waals surface area contributed by atoms with Crippen molar-refractivity contribution < 1.29 is 50.4 Å². The van der Waals surface area contributed by atoms with Crippen LogP contribution < -0.4 is 19.6 Å². The van der Waals surface area contributed by atoms with E-state index in [9.17, 15) is 0 Å². The predicted molar refractivity (Wildman–Crippen MR) is 18.0 cm³/mol. The molecular formula is H2O6P2Ti. The van der Waals surface area contributed by atoms with Gasteiger partial charge in [0.25, 0.3) is 0 Å². The summed E-state index contributed by atoms with van der Waals surface area (Å²) in [5.41, 5.74) is 0. The van der Waals surface area contributed by atoms with Gasteiger partial charge in [-0.2, -0.15) is 0 Å². The van der Waals surface area contributed by atoms with Gasteiger partial charge in [-0.05, 0) is 0 Å². The first-order chi connectivity index (χ1) is 3.46. The molecule has 0 spiro atoms. The van der Waals surface area contributed by atoms with Gasteiger partial charge in [-0.15, -0.1) is 0 Å². The molecule has 0 saturated carbocycles. The summed E-state index contributed by atoms with van der Waals surface area (Å²) in [6.45, 7) is 0. The topological polar surface area (TPSA) is 126 Å². The second kappa shape index (κ2) is 11.8. The van der Waals surface area contributed by atoms with Crippen LogP contribution in [-0.2, 0) is 30.8 Å². The van der Waals surface area contributed by atoms with Gasteiger partial charge in [0, 0.05) is 0 Å². The minimum atomic E-state index is -3.63. The number of rotatable bonds is 0. The van der Waals surface area contributed by atoms with E-state index in [0.29, 0.717) is 0 Å². The van der Waals surface area contributed by atoms with Crippen molar-refractivity contribution in [1.82, 2.24) is 0 Å². The van der Waals surface area contributed by atoms with Crippen molar-refractivity contribution in [2.45, 2.75) is 0 Å². The van der Waals surface area contributed by atoms with Crippen LogP contribution in [0, 0.1) is 0 Å². The Morgan fingerprint density at radius 3 is 0.778 bits per heavy atom. The maximum absolute atomic E-state index is 8.52. The molecule has 0 N–H and O–H groups in total. The van der Waals surface area contributed by atoms with Crippen molar-refractivity contribution in [1.29, 1.82) is 0 Å². The van der Waals surface area contributed by atoms with Crippen LogP contribution in [-0.4, -0.2) is 0 Å². The molecule has 0 rings (SSSR count). The summed E-state index contributed by atoms with van der Waals surface area (Å²) < 4.78 is 17.0. The zero-order valence-corrected chi connectivity index (χ0v) is 7.51. The fraction of sp³-hybridized carbons (Fsp3) is 0. The summed E-state index contributed by atoms with van der Waals surface area (Å²) in [6.07, 6.45) is 0. The Kier molecular flexibility index (Phi) is 21.6. The van der Waals surface area contributed by atoms with Gasteiger partial charge in [-0.25, -0.2) is 0 Å². The van der Waals surface area contributed by atoms with Crippen molar-refractivity contribution in [2.75, 3.05) is 0 Å². The minimum Gasteiger partial charge on any atom is -0.813 e. The van der Waals surface area contributed by atoms with Gasteiger partial charge in [0.1, 0.15) is 0 Å². The summed E-state index contributed by atoms with van der Waals surface area (Å²) >= 11 is 0. The van der Waals surface area contributed by atoms with Gasteiger partial charge in [-0.1, -0.05) is 16.5 Å². The molecule has 9 heavy (non-hydrogen) atoms. The maximum Gasteiger partial charge on any atom is 4.00 e. The first-order valence-corrected chi connectivity index (χ1v) is 3.67. The SMILES string of the molecule is O=[PH]([O-])[O-].O=[PH]([O-])[O-].[Ti+4]. The first kappa shape index (κ1) is 16.5. The van der Waals surface area contributed by atoms with Gasteiger partial charge in [-0.3, -0.25) is 0 Å². The Morgan fingerprint density at radius 1 is 0.778 bits per heavy atom. The van der Waals surface area contributed by atoms with E-state index in [1.54, 1.807) is 0 Å². The fourth-order valence-electron chi connectivity index (χ4n) is 0. The Balaban J connectivity index is -0.0000000720. The van der Waals surface area contributed by atoms with Crippen LogP contribution in [0.1, 0.15) is 0 Å². The molecule has 0 heterocycles. The van der Waals surface area contributed by atoms with E-state index in [-0.39, 0.29) is 21.7 Å². The second-order valence-corrected chi connectivity index (χ2v) is 1.50. The third kappa shape index (κ3) is 431. The summed E-state index contributed by atoms with van der Waals surface area (Å²) in [4.78, 5) is 34.1. The molecule has 0 aliphatic rings. The first-order valence-electron chi connectivity index (χ1n) is 1.22. The second-order valence-electron chi connectivity index (χ2n) is 0.500. The molecule has 0 aliphatic carbocycles. The molecule has 0 amide bonds. The molecule has 0 aromatic heterocycles. The summed E-state index contributed by atoms with van der Waals surface area (Å²) in [6, 6.07) is 0. The molecule has 9 heteroatoms. The molecule has 0 atom stereocenters. The molecule has 6 nitrogen and oxygen atoms in total. The Bertz CT molecular complexity index is 69.1. The number of hydrogen-bond acceptors (Lipinski definition) is 6. The normalized spacial score (nSPS) is 7.78. The molecule has 0 aliphatic heterocycles. The third-order valence-corrected chi connectivity index (χ3v) is 0. The standard InChI is InChI=1S/2H3O3P.Ti/c2*1-4(2)3;/h2*4H,(H2,1,2,3);/q;;+4/p-4. The van der Waals surface area contributed by atoms with Crippen LogP contribution in [0.3, 0.4) is 0 Å². The van der Waals surface area contributed by atoms with Gasteiger partial charge in [0.05, 0.1) is 0 Å². The molecule has 0 unspecified atom stereocenters. The van der Waals surface area contributed by atoms with E-state index in [0.717, 1.165) is 0 Å². The largest absolute Gasteiger partial charge is 4.00 e. The van der Waals surface area contributed by atoms with Gasteiger partial charge in [0.15, 0.2) is 0 Å². The van der Waals surface area contributed by atoms with Crippen molar-refractivity contribution in [3.63, 3.8) is 0 Å². The van der Waals surface area contributed by atoms with Gasteiger partial charge >= 0.3 is 21.7 Å². The molecule has 0 fully saturated rings. The predicted octanol–water partition coefficient (Wildman–Crippen LogP) is -3.81. The van der Waals surface area contributed by atoms with Crippen molar-refractivity contribution in [3.05, 3.63) is 0 Å². The van der Waals surface area contributed by atoms with Crippen LogP contribution in [0.2, 0.25) is 0 Å². The minimum absolute atomic E-state index is 0. The molecular weight excluding hydrogens is 206 g/mol. The Labute approximate surface area is 67.3 Å². The van der Waals surface area contributed by atoms with E-state index < -0.39 is 16.5 Å². The summed E-state index contributed by atoms with van der Waals surface area (Å²) in [5.74, 6) is 0. The van der Waals surface area contributed by atoms with Crippen LogP contribution in [0.25, 0.3) is 0 Å². The Morgan fingerprint density at radius 2 is 0.778 bits per heavy atom. The average molecular weight is 208 g/mol. The van der Waals surface area contributed by atoms with E-state index in [1.165, 1.54) is 0 Å². The van der Waals surface area contributed by atoms with Gasteiger partial charge < -0.3 is 28.7 Å². The summed E-state index contributed by atoms with van der Waals surface area (Å²) in [7, 11) is -7.26. The van der Waals surface area contributed by atoms with Gasteiger partial charge in [0.2, 0.25) is 0 Å². The molecule has 0 saturated heterocycles. The molecule has 0 aromatic carbocycles.